The fourth-order valence-corrected chi connectivity index (χ4v) is 5.30. The molecule has 0 bridgehead atoms. The van der Waals surface area contributed by atoms with Gasteiger partial charge in [0.25, 0.3) is 0 Å². The van der Waals surface area contributed by atoms with Crippen LogP contribution in [-0.4, -0.2) is 42.9 Å². The maximum absolute atomic E-state index is 12.9. The van der Waals surface area contributed by atoms with Gasteiger partial charge in [-0.1, -0.05) is 12.1 Å². The van der Waals surface area contributed by atoms with Gasteiger partial charge in [0, 0.05) is 29.1 Å². The van der Waals surface area contributed by atoms with Gasteiger partial charge in [-0.05, 0) is 50.1 Å². The summed E-state index contributed by atoms with van der Waals surface area (Å²) < 4.78 is 43.3. The molecule has 0 saturated carbocycles. The van der Waals surface area contributed by atoms with Gasteiger partial charge in [0.05, 0.1) is 11.5 Å². The zero-order valence-corrected chi connectivity index (χ0v) is 17.0. The van der Waals surface area contributed by atoms with Crippen molar-refractivity contribution in [3.05, 3.63) is 64.7 Å². The highest BCUT2D eigenvalue weighted by Crippen LogP contribution is 2.29. The van der Waals surface area contributed by atoms with E-state index in [0.29, 0.717) is 23.2 Å². The number of aromatic nitrogens is 1. The molecule has 2 aromatic rings. The largest absolute Gasteiger partial charge is 0.454 e. The number of sulfone groups is 1. The van der Waals surface area contributed by atoms with Crippen molar-refractivity contribution in [2.75, 3.05) is 18.1 Å². The average Bonchev–Trinajstić information content (AvgIpc) is 3.17. The van der Waals surface area contributed by atoms with Crippen LogP contribution in [0.3, 0.4) is 0 Å². The van der Waals surface area contributed by atoms with Crippen LogP contribution in [0.5, 0.6) is 0 Å². The fraction of sp³-hybridized carbons (Fsp3) is 0.333. The van der Waals surface area contributed by atoms with Gasteiger partial charge < -0.3 is 9.30 Å². The molecular weight excluding hydrogens is 397 g/mol. The molecule has 1 aliphatic heterocycles. The van der Waals surface area contributed by atoms with Crippen molar-refractivity contribution in [1.82, 2.24) is 4.57 Å². The lowest BCUT2D eigenvalue weighted by Gasteiger charge is -2.16. The molecule has 6 nitrogen and oxygen atoms in total. The maximum Gasteiger partial charge on any atom is 0.331 e. The highest BCUT2D eigenvalue weighted by Gasteiger charge is 2.31. The number of aryl methyl sites for hydroxylation is 1. The highest BCUT2D eigenvalue weighted by atomic mass is 32.2. The molecule has 1 atom stereocenters. The van der Waals surface area contributed by atoms with E-state index in [-0.39, 0.29) is 29.1 Å². The van der Waals surface area contributed by atoms with Crippen LogP contribution < -0.4 is 0 Å². The second-order valence-corrected chi connectivity index (χ2v) is 9.36. The van der Waals surface area contributed by atoms with Crippen molar-refractivity contribution < 1.29 is 27.1 Å². The molecule has 1 saturated heterocycles. The van der Waals surface area contributed by atoms with E-state index < -0.39 is 22.4 Å². The summed E-state index contributed by atoms with van der Waals surface area (Å²) >= 11 is 0. The van der Waals surface area contributed by atoms with Gasteiger partial charge in [-0.2, -0.15) is 0 Å². The van der Waals surface area contributed by atoms with E-state index in [1.54, 1.807) is 13.0 Å². The molecule has 2 heterocycles. The minimum Gasteiger partial charge on any atom is -0.454 e. The van der Waals surface area contributed by atoms with E-state index in [9.17, 15) is 22.4 Å². The molecule has 1 fully saturated rings. The number of ketones is 1. The Labute approximate surface area is 168 Å². The zero-order valence-electron chi connectivity index (χ0n) is 16.2. The first-order valence-electron chi connectivity index (χ1n) is 9.19. The highest BCUT2D eigenvalue weighted by molar-refractivity contribution is 7.91. The van der Waals surface area contributed by atoms with E-state index in [4.69, 9.17) is 4.74 Å². The molecule has 3 rings (SSSR count). The molecule has 0 unspecified atom stereocenters. The van der Waals surface area contributed by atoms with Gasteiger partial charge in [0.15, 0.2) is 16.4 Å². The van der Waals surface area contributed by atoms with Gasteiger partial charge >= 0.3 is 5.97 Å². The maximum atomic E-state index is 12.9. The SMILES string of the molecule is Cc1cc(C(=O)COC(=O)/C=C/c2ccc(F)cc2)c(C)n1[C@H]1CCS(=O)(=O)C1. The predicted molar refractivity (Wildman–Crippen MR) is 107 cm³/mol. The Balaban J connectivity index is 1.63. The number of ether oxygens (including phenoxy) is 1. The quantitative estimate of drug-likeness (QED) is 0.408. The smallest absolute Gasteiger partial charge is 0.331 e. The van der Waals surface area contributed by atoms with Crippen LogP contribution in [0, 0.1) is 19.7 Å². The van der Waals surface area contributed by atoms with Gasteiger partial charge in [0.2, 0.25) is 5.78 Å². The molecular formula is C21H22FNO5S. The number of esters is 1. The Morgan fingerprint density at radius 1 is 1.24 bits per heavy atom. The van der Waals surface area contributed by atoms with Crippen molar-refractivity contribution in [2.45, 2.75) is 26.3 Å². The Morgan fingerprint density at radius 2 is 1.93 bits per heavy atom. The predicted octanol–water partition coefficient (Wildman–Crippen LogP) is 3.04. The van der Waals surface area contributed by atoms with Gasteiger partial charge in [0.1, 0.15) is 5.82 Å². The number of carbonyl (C=O) groups excluding carboxylic acids is 2. The summed E-state index contributed by atoms with van der Waals surface area (Å²) in [6.45, 7) is 3.17. The van der Waals surface area contributed by atoms with Crippen LogP contribution in [0.15, 0.2) is 36.4 Å². The summed E-state index contributed by atoms with van der Waals surface area (Å²) in [7, 11) is -3.04. The first-order chi connectivity index (χ1) is 13.7. The molecule has 154 valence electrons. The summed E-state index contributed by atoms with van der Waals surface area (Å²) in [6.07, 6.45) is 3.17. The lowest BCUT2D eigenvalue weighted by molar-refractivity contribution is -0.136. The number of nitrogens with zero attached hydrogens (tertiary/aromatic N) is 1. The fourth-order valence-electron chi connectivity index (χ4n) is 3.60. The Kier molecular flexibility index (Phi) is 6.02. The molecule has 0 aliphatic carbocycles. The van der Waals surface area contributed by atoms with E-state index in [0.717, 1.165) is 5.69 Å². The topological polar surface area (TPSA) is 82.4 Å². The first-order valence-corrected chi connectivity index (χ1v) is 11.0. The number of hydrogen-bond donors (Lipinski definition) is 0. The van der Waals surface area contributed by atoms with Gasteiger partial charge in [-0.3, -0.25) is 4.79 Å². The molecule has 1 aromatic carbocycles. The van der Waals surface area contributed by atoms with Crippen LogP contribution in [-0.2, 0) is 19.4 Å². The number of rotatable bonds is 6. The van der Waals surface area contributed by atoms with Crippen molar-refractivity contribution in [1.29, 1.82) is 0 Å². The van der Waals surface area contributed by atoms with Crippen molar-refractivity contribution in [3.8, 4) is 0 Å². The lowest BCUT2D eigenvalue weighted by Crippen LogP contribution is -2.16. The van der Waals surface area contributed by atoms with Gasteiger partial charge in [-0.15, -0.1) is 0 Å². The minimum absolute atomic E-state index is 0.0696. The molecule has 0 N–H and O–H groups in total. The number of hydrogen-bond acceptors (Lipinski definition) is 5. The summed E-state index contributed by atoms with van der Waals surface area (Å²) in [5.41, 5.74) is 2.52. The number of carbonyl (C=O) groups is 2. The summed E-state index contributed by atoms with van der Waals surface area (Å²) in [5.74, 6) is -1.19. The molecule has 8 heteroatoms. The lowest BCUT2D eigenvalue weighted by atomic mass is 10.1. The first kappa shape index (κ1) is 21.0. The van der Waals surface area contributed by atoms with E-state index in [1.165, 1.54) is 36.4 Å². The van der Waals surface area contributed by atoms with Crippen LogP contribution in [0.2, 0.25) is 0 Å². The third-order valence-corrected chi connectivity index (χ3v) is 6.74. The van der Waals surface area contributed by atoms with Crippen molar-refractivity contribution in [3.63, 3.8) is 0 Å². The number of Topliss-reactive ketones (excluding diaryl/α,β-unsaturated/α-hetero) is 1. The monoisotopic (exact) mass is 419 g/mol. The molecule has 0 amide bonds. The summed E-state index contributed by atoms with van der Waals surface area (Å²) in [6, 6.07) is 7.11. The number of halogens is 1. The molecule has 1 aliphatic rings. The second-order valence-electron chi connectivity index (χ2n) is 7.13. The molecule has 1 aromatic heterocycles. The number of benzene rings is 1. The van der Waals surface area contributed by atoms with E-state index in [2.05, 4.69) is 0 Å². The summed E-state index contributed by atoms with van der Waals surface area (Å²) in [4.78, 5) is 24.4. The van der Waals surface area contributed by atoms with Crippen molar-refractivity contribution >= 4 is 27.7 Å². The third kappa shape index (κ3) is 5.00. The van der Waals surface area contributed by atoms with Crippen molar-refractivity contribution in [2.24, 2.45) is 0 Å². The van der Waals surface area contributed by atoms with Crippen LogP contribution in [0.25, 0.3) is 6.08 Å². The van der Waals surface area contributed by atoms with E-state index >= 15 is 0 Å². The molecule has 0 radical (unpaired) electrons. The van der Waals surface area contributed by atoms with E-state index in [1.807, 2.05) is 11.5 Å². The zero-order chi connectivity index (χ0) is 21.2. The standard InChI is InChI=1S/C21H22FNO5S/c1-14-11-19(15(2)23(14)18-9-10-29(26,27)13-18)20(24)12-28-21(25)8-5-16-3-6-17(22)7-4-16/h3-8,11,18H,9-10,12-13H2,1-2H3/b8-5+/t18-/m0/s1. The van der Waals surface area contributed by atoms with Crippen LogP contribution >= 0.6 is 0 Å². The minimum atomic E-state index is -3.04. The average molecular weight is 419 g/mol. The molecule has 29 heavy (non-hydrogen) atoms. The molecule has 0 spiro atoms. The summed E-state index contributed by atoms with van der Waals surface area (Å²) in [5, 5.41) is 0. The third-order valence-electron chi connectivity index (χ3n) is 4.99. The Hall–Kier alpha value is -2.74. The van der Waals surface area contributed by atoms with Crippen LogP contribution in [0.4, 0.5) is 4.39 Å². The Morgan fingerprint density at radius 3 is 2.55 bits per heavy atom. The normalized spacial score (nSPS) is 18.2. The second kappa shape index (κ2) is 8.32. The van der Waals surface area contributed by atoms with Crippen LogP contribution in [0.1, 0.15) is 39.8 Å². The Bertz CT molecular complexity index is 1070. The van der Waals surface area contributed by atoms with Gasteiger partial charge in [-0.25, -0.2) is 17.6 Å².